The van der Waals surface area contributed by atoms with Crippen molar-refractivity contribution >= 4 is 51.7 Å². The van der Waals surface area contributed by atoms with Crippen LogP contribution in [0.1, 0.15) is 30.5 Å². The summed E-state index contributed by atoms with van der Waals surface area (Å²) in [4.78, 5) is 33.1. The van der Waals surface area contributed by atoms with E-state index in [4.69, 9.17) is 17.2 Å². The maximum absolute atomic E-state index is 13.4. The molecule has 0 spiro atoms. The van der Waals surface area contributed by atoms with Crippen molar-refractivity contribution in [3.63, 3.8) is 0 Å². The van der Waals surface area contributed by atoms with Crippen LogP contribution in [-0.2, 0) is 11.2 Å². The van der Waals surface area contributed by atoms with Crippen molar-refractivity contribution in [2.24, 2.45) is 0 Å². The number of hydrogen-bond donors (Lipinski definition) is 1. The fourth-order valence-electron chi connectivity index (χ4n) is 3.60. The molecule has 1 saturated heterocycles. The lowest BCUT2D eigenvalue weighted by molar-refractivity contribution is -0.123. The van der Waals surface area contributed by atoms with Gasteiger partial charge in [0.2, 0.25) is 0 Å². The van der Waals surface area contributed by atoms with E-state index in [0.29, 0.717) is 32.8 Å². The number of rotatable bonds is 6. The molecule has 1 N–H and O–H groups in total. The summed E-state index contributed by atoms with van der Waals surface area (Å²) in [5, 5.41) is 3.32. The van der Waals surface area contributed by atoms with Crippen molar-refractivity contribution in [3.8, 4) is 0 Å². The number of benzene rings is 1. The molecule has 3 heterocycles. The number of anilines is 1. The van der Waals surface area contributed by atoms with Crippen molar-refractivity contribution in [2.75, 3.05) is 11.9 Å². The lowest BCUT2D eigenvalue weighted by Crippen LogP contribution is -2.34. The Kier molecular flexibility index (Phi) is 6.43. The molecule has 1 amide bonds. The van der Waals surface area contributed by atoms with Gasteiger partial charge in [-0.1, -0.05) is 60.4 Å². The number of amides is 1. The van der Waals surface area contributed by atoms with E-state index in [9.17, 15) is 9.59 Å². The monoisotopic (exact) mass is 464 g/mol. The minimum atomic E-state index is -0.226. The molecule has 0 atom stereocenters. The second-order valence-corrected chi connectivity index (χ2v) is 9.55. The number of carbonyl (C=O) groups excluding carboxylic acids is 1. The van der Waals surface area contributed by atoms with E-state index >= 15 is 0 Å². The molecule has 3 aromatic rings. The van der Waals surface area contributed by atoms with Crippen LogP contribution in [0.5, 0.6) is 0 Å². The van der Waals surface area contributed by atoms with Gasteiger partial charge in [0.05, 0.1) is 10.5 Å². The maximum Gasteiger partial charge on any atom is 0.267 e. The highest BCUT2D eigenvalue weighted by atomic mass is 32.2. The molecule has 1 aromatic carbocycles. The van der Waals surface area contributed by atoms with Crippen LogP contribution in [0.2, 0.25) is 0 Å². The van der Waals surface area contributed by atoms with Gasteiger partial charge in [-0.3, -0.25) is 18.9 Å². The van der Waals surface area contributed by atoms with Gasteiger partial charge in [-0.15, -0.1) is 0 Å². The summed E-state index contributed by atoms with van der Waals surface area (Å²) in [5.74, 6) is 0.286. The van der Waals surface area contributed by atoms with Gasteiger partial charge in [-0.25, -0.2) is 4.98 Å². The number of fused-ring (bicyclic) bond motifs is 1. The van der Waals surface area contributed by atoms with Crippen LogP contribution in [0.4, 0.5) is 5.82 Å². The number of thioether (sulfide) groups is 1. The van der Waals surface area contributed by atoms with Gasteiger partial charge >= 0.3 is 0 Å². The number of aromatic nitrogens is 2. The molecule has 0 bridgehead atoms. The lowest BCUT2D eigenvalue weighted by atomic mass is 10.1. The van der Waals surface area contributed by atoms with Crippen LogP contribution in [0.3, 0.4) is 0 Å². The summed E-state index contributed by atoms with van der Waals surface area (Å²) < 4.78 is 2.02. The summed E-state index contributed by atoms with van der Waals surface area (Å²) in [6, 6.07) is 13.8. The zero-order chi connectivity index (χ0) is 22.8. The largest absolute Gasteiger partial charge is 0.369 e. The van der Waals surface area contributed by atoms with E-state index in [1.807, 2.05) is 51.1 Å². The Morgan fingerprint density at radius 1 is 1.16 bits per heavy atom. The molecule has 1 aliphatic heterocycles. The number of nitrogens with one attached hydrogen (secondary N) is 1. The topological polar surface area (TPSA) is 66.7 Å². The number of aryl methyl sites for hydroxylation is 1. The van der Waals surface area contributed by atoms with E-state index < -0.39 is 0 Å². The smallest absolute Gasteiger partial charge is 0.267 e. The molecule has 0 aliphatic carbocycles. The molecule has 1 fully saturated rings. The molecular weight excluding hydrogens is 440 g/mol. The Morgan fingerprint density at radius 3 is 2.59 bits per heavy atom. The minimum absolute atomic E-state index is 0.0460. The predicted octanol–water partition coefficient (Wildman–Crippen LogP) is 4.27. The summed E-state index contributed by atoms with van der Waals surface area (Å²) in [6.45, 7) is 6.36. The Labute approximate surface area is 196 Å². The third kappa shape index (κ3) is 4.33. The van der Waals surface area contributed by atoms with Gasteiger partial charge in [0.15, 0.2) is 0 Å². The zero-order valence-corrected chi connectivity index (χ0v) is 19.8. The van der Waals surface area contributed by atoms with Crippen LogP contribution in [0.25, 0.3) is 11.7 Å². The molecule has 0 unspecified atom stereocenters. The highest BCUT2D eigenvalue weighted by molar-refractivity contribution is 8.26. The number of thiocarbonyl (C=S) groups is 1. The maximum atomic E-state index is 13.4. The summed E-state index contributed by atoms with van der Waals surface area (Å²) in [7, 11) is 0. The van der Waals surface area contributed by atoms with Crippen LogP contribution < -0.4 is 10.9 Å². The van der Waals surface area contributed by atoms with Crippen LogP contribution >= 0.6 is 24.0 Å². The molecule has 4 rings (SSSR count). The van der Waals surface area contributed by atoms with Crippen LogP contribution in [0.15, 0.2) is 58.4 Å². The van der Waals surface area contributed by atoms with Gasteiger partial charge in [0.1, 0.15) is 15.8 Å². The highest BCUT2D eigenvalue weighted by Crippen LogP contribution is 2.34. The molecule has 164 valence electrons. The van der Waals surface area contributed by atoms with Crippen molar-refractivity contribution in [1.29, 1.82) is 0 Å². The van der Waals surface area contributed by atoms with Gasteiger partial charge in [0, 0.05) is 18.8 Å². The summed E-state index contributed by atoms with van der Waals surface area (Å²) in [5.41, 5.74) is 2.80. The quantitative estimate of drug-likeness (QED) is 0.434. The fraction of sp³-hybridized carbons (Fsp3) is 0.250. The average molecular weight is 465 g/mol. The van der Waals surface area contributed by atoms with E-state index in [1.54, 1.807) is 17.2 Å². The Bertz CT molecular complexity index is 1280. The molecule has 0 radical (unpaired) electrons. The first-order valence-corrected chi connectivity index (χ1v) is 11.7. The Hall–Kier alpha value is -2.97. The third-order valence-electron chi connectivity index (χ3n) is 5.25. The molecule has 8 heteroatoms. The normalized spacial score (nSPS) is 15.4. The minimum Gasteiger partial charge on any atom is -0.369 e. The molecule has 32 heavy (non-hydrogen) atoms. The zero-order valence-electron chi connectivity index (χ0n) is 18.2. The fourth-order valence-corrected chi connectivity index (χ4v) is 5.11. The Balaban J connectivity index is 1.75. The van der Waals surface area contributed by atoms with E-state index in [2.05, 4.69) is 17.4 Å². The number of carbonyl (C=O) groups is 1. The van der Waals surface area contributed by atoms with Crippen LogP contribution in [0, 0.1) is 6.92 Å². The summed E-state index contributed by atoms with van der Waals surface area (Å²) in [6.07, 6.45) is 4.10. The average Bonchev–Trinajstić information content (AvgIpc) is 3.05. The second kappa shape index (κ2) is 9.26. The van der Waals surface area contributed by atoms with Crippen LogP contribution in [-0.4, -0.2) is 37.1 Å². The van der Waals surface area contributed by atoms with E-state index in [0.717, 1.165) is 12.0 Å². The Morgan fingerprint density at radius 2 is 1.91 bits per heavy atom. The highest BCUT2D eigenvalue weighted by Gasteiger charge is 2.34. The lowest BCUT2D eigenvalue weighted by Gasteiger charge is -2.18. The van der Waals surface area contributed by atoms with E-state index in [1.165, 1.54) is 21.7 Å². The number of hydrogen-bond acceptors (Lipinski definition) is 6. The first-order chi connectivity index (χ1) is 15.4. The second-order valence-electron chi connectivity index (χ2n) is 7.87. The number of nitrogens with zero attached hydrogens (tertiary/aromatic N) is 3. The predicted molar refractivity (Wildman–Crippen MR) is 135 cm³/mol. The third-order valence-corrected chi connectivity index (χ3v) is 6.58. The van der Waals surface area contributed by atoms with Crippen molar-refractivity contribution in [1.82, 2.24) is 14.3 Å². The molecule has 6 nitrogen and oxygen atoms in total. The standard InChI is InChI=1S/C24H24N4O2S2/c1-15(2)28-23(30)19(32-24(28)31)14-18-20(25-12-11-17-9-5-4-6-10-17)26-21-16(3)8-7-13-27(21)22(18)29/h4-10,13-15,25H,11-12H2,1-3H3/b19-14+. The first kappa shape index (κ1) is 22.2. The van der Waals surface area contributed by atoms with Crippen molar-refractivity contribution in [3.05, 3.63) is 80.6 Å². The summed E-state index contributed by atoms with van der Waals surface area (Å²) >= 11 is 6.60. The first-order valence-electron chi connectivity index (χ1n) is 10.4. The molecule has 0 saturated carbocycles. The van der Waals surface area contributed by atoms with Gasteiger partial charge in [-0.2, -0.15) is 0 Å². The molecule has 2 aromatic heterocycles. The number of pyridine rings is 1. The van der Waals surface area contributed by atoms with Gasteiger partial charge in [-0.05, 0) is 50.5 Å². The van der Waals surface area contributed by atoms with Gasteiger partial charge < -0.3 is 5.32 Å². The van der Waals surface area contributed by atoms with Crippen molar-refractivity contribution in [2.45, 2.75) is 33.2 Å². The van der Waals surface area contributed by atoms with Gasteiger partial charge in [0.25, 0.3) is 11.5 Å². The SMILES string of the molecule is Cc1cccn2c(=O)c(/C=C3/SC(=S)N(C(C)C)C3=O)c(NCCc3ccccc3)nc12. The van der Waals surface area contributed by atoms with E-state index in [-0.39, 0.29) is 17.5 Å². The molecule has 1 aliphatic rings. The van der Waals surface area contributed by atoms with Crippen molar-refractivity contribution < 1.29 is 4.79 Å². The molecular formula is C24H24N4O2S2.